The number of hydrogen-bond acceptors (Lipinski definition) is 3. The van der Waals surface area contributed by atoms with Crippen molar-refractivity contribution in [3.63, 3.8) is 0 Å². The molecule has 21 heavy (non-hydrogen) atoms. The van der Waals surface area contributed by atoms with E-state index < -0.39 is 10.0 Å². The van der Waals surface area contributed by atoms with Gasteiger partial charge in [0, 0.05) is 25.2 Å². The lowest BCUT2D eigenvalue weighted by atomic mass is 9.74. The van der Waals surface area contributed by atoms with Gasteiger partial charge in [-0.25, -0.2) is 13.1 Å². The molecule has 5 heteroatoms. The van der Waals surface area contributed by atoms with Gasteiger partial charge in [-0.15, -0.1) is 0 Å². The predicted octanol–water partition coefficient (Wildman–Crippen LogP) is 2.45. The Kier molecular flexibility index (Phi) is 5.79. The highest BCUT2D eigenvalue weighted by Crippen LogP contribution is 2.34. The Morgan fingerprint density at radius 1 is 1.19 bits per heavy atom. The van der Waals surface area contributed by atoms with E-state index in [1.54, 1.807) is 0 Å². The van der Waals surface area contributed by atoms with Crippen LogP contribution >= 0.6 is 0 Å². The summed E-state index contributed by atoms with van der Waals surface area (Å²) in [6, 6.07) is 10.2. The molecule has 4 nitrogen and oxygen atoms in total. The standard InChI is InChI=1S/C16H25NO3S/c1-2-3-13-21(18,19)17-14-16(9-11-20-12-10-16)15-7-5-4-6-8-15/h4-8,17H,2-3,9-14H2,1H3. The summed E-state index contributed by atoms with van der Waals surface area (Å²) < 4.78 is 32.4. The third-order valence-corrected chi connectivity index (χ3v) is 5.64. The van der Waals surface area contributed by atoms with Gasteiger partial charge in [0.15, 0.2) is 0 Å². The van der Waals surface area contributed by atoms with Gasteiger partial charge in [0.25, 0.3) is 0 Å². The maximum Gasteiger partial charge on any atom is 0.211 e. The molecule has 2 rings (SSSR count). The van der Waals surface area contributed by atoms with Gasteiger partial charge in [-0.1, -0.05) is 43.7 Å². The zero-order valence-electron chi connectivity index (χ0n) is 12.7. The topological polar surface area (TPSA) is 55.4 Å². The Hall–Kier alpha value is -0.910. The number of benzene rings is 1. The Bertz CT molecular complexity index is 522. The normalized spacial score (nSPS) is 18.5. The third-order valence-electron chi connectivity index (χ3n) is 4.23. The maximum atomic E-state index is 12.1. The average Bonchev–Trinajstić information content (AvgIpc) is 2.53. The van der Waals surface area contributed by atoms with Crippen LogP contribution in [-0.2, 0) is 20.2 Å². The first-order valence-corrected chi connectivity index (χ1v) is 9.34. The quantitative estimate of drug-likeness (QED) is 0.841. The van der Waals surface area contributed by atoms with Gasteiger partial charge in [0.05, 0.1) is 5.75 Å². The monoisotopic (exact) mass is 311 g/mol. The van der Waals surface area contributed by atoms with Crippen LogP contribution in [0.25, 0.3) is 0 Å². The van der Waals surface area contributed by atoms with E-state index in [0.29, 0.717) is 26.2 Å². The van der Waals surface area contributed by atoms with Crippen LogP contribution in [0.15, 0.2) is 30.3 Å². The predicted molar refractivity (Wildman–Crippen MR) is 84.9 cm³/mol. The van der Waals surface area contributed by atoms with E-state index in [9.17, 15) is 8.42 Å². The van der Waals surface area contributed by atoms with E-state index in [4.69, 9.17) is 4.74 Å². The molecule has 1 aromatic rings. The van der Waals surface area contributed by atoms with Crippen molar-refractivity contribution in [3.05, 3.63) is 35.9 Å². The molecule has 0 radical (unpaired) electrons. The van der Waals surface area contributed by atoms with Gasteiger partial charge in [0.2, 0.25) is 10.0 Å². The molecule has 0 bridgehead atoms. The van der Waals surface area contributed by atoms with Crippen molar-refractivity contribution in [1.82, 2.24) is 4.72 Å². The lowest BCUT2D eigenvalue weighted by Gasteiger charge is -2.37. The Morgan fingerprint density at radius 2 is 1.86 bits per heavy atom. The molecule has 1 fully saturated rings. The van der Waals surface area contributed by atoms with Crippen LogP contribution in [0.1, 0.15) is 38.2 Å². The fourth-order valence-electron chi connectivity index (χ4n) is 2.78. The molecule has 0 unspecified atom stereocenters. The Labute approximate surface area is 127 Å². The molecule has 0 aromatic heterocycles. The zero-order valence-corrected chi connectivity index (χ0v) is 13.5. The average molecular weight is 311 g/mol. The number of ether oxygens (including phenoxy) is 1. The maximum absolute atomic E-state index is 12.1. The van der Waals surface area contributed by atoms with E-state index in [-0.39, 0.29) is 11.2 Å². The van der Waals surface area contributed by atoms with Gasteiger partial charge >= 0.3 is 0 Å². The van der Waals surface area contributed by atoms with Crippen molar-refractivity contribution in [2.24, 2.45) is 0 Å². The zero-order chi connectivity index (χ0) is 15.2. The third kappa shape index (κ3) is 4.53. The smallest absolute Gasteiger partial charge is 0.211 e. The van der Waals surface area contributed by atoms with Crippen LogP contribution in [0.3, 0.4) is 0 Å². The van der Waals surface area contributed by atoms with Crippen molar-refractivity contribution < 1.29 is 13.2 Å². The molecule has 0 spiro atoms. The molecule has 1 saturated heterocycles. The van der Waals surface area contributed by atoms with E-state index >= 15 is 0 Å². The fourth-order valence-corrected chi connectivity index (χ4v) is 4.09. The summed E-state index contributed by atoms with van der Waals surface area (Å²) in [6.45, 7) is 3.84. The van der Waals surface area contributed by atoms with Gasteiger partial charge in [0.1, 0.15) is 0 Å². The molecule has 118 valence electrons. The second kappa shape index (κ2) is 7.38. The SMILES string of the molecule is CCCCS(=O)(=O)NCC1(c2ccccc2)CCOCC1. The fraction of sp³-hybridized carbons (Fsp3) is 0.625. The van der Waals surface area contributed by atoms with Crippen LogP contribution < -0.4 is 4.72 Å². The summed E-state index contributed by atoms with van der Waals surface area (Å²) >= 11 is 0. The molecule has 0 amide bonds. The number of sulfonamides is 1. The number of unbranched alkanes of at least 4 members (excludes halogenated alkanes) is 1. The Balaban J connectivity index is 2.11. The van der Waals surface area contributed by atoms with Crippen molar-refractivity contribution in [3.8, 4) is 0 Å². The summed E-state index contributed by atoms with van der Waals surface area (Å²) in [6.07, 6.45) is 3.30. The van der Waals surface area contributed by atoms with E-state index in [1.807, 2.05) is 25.1 Å². The molecule has 1 aliphatic heterocycles. The van der Waals surface area contributed by atoms with Gasteiger partial charge < -0.3 is 4.74 Å². The first-order valence-electron chi connectivity index (χ1n) is 7.69. The Morgan fingerprint density at radius 3 is 2.48 bits per heavy atom. The van der Waals surface area contributed by atoms with Gasteiger partial charge in [-0.2, -0.15) is 0 Å². The molecule has 1 heterocycles. The van der Waals surface area contributed by atoms with Crippen molar-refractivity contribution in [2.75, 3.05) is 25.5 Å². The highest BCUT2D eigenvalue weighted by molar-refractivity contribution is 7.89. The van der Waals surface area contributed by atoms with Crippen molar-refractivity contribution >= 4 is 10.0 Å². The molecule has 0 saturated carbocycles. The summed E-state index contributed by atoms with van der Waals surface area (Å²) in [7, 11) is -3.18. The summed E-state index contributed by atoms with van der Waals surface area (Å²) in [4.78, 5) is 0. The minimum Gasteiger partial charge on any atom is -0.381 e. The first-order chi connectivity index (χ1) is 10.1. The minimum absolute atomic E-state index is 0.140. The summed E-state index contributed by atoms with van der Waals surface area (Å²) in [5.41, 5.74) is 1.06. The van der Waals surface area contributed by atoms with E-state index in [1.165, 1.54) is 5.56 Å². The van der Waals surface area contributed by atoms with Crippen molar-refractivity contribution in [2.45, 2.75) is 38.0 Å². The van der Waals surface area contributed by atoms with Gasteiger partial charge in [-0.3, -0.25) is 0 Å². The van der Waals surface area contributed by atoms with Crippen LogP contribution in [-0.4, -0.2) is 33.9 Å². The summed E-state index contributed by atoms with van der Waals surface area (Å²) in [5, 5.41) is 0. The number of hydrogen-bond donors (Lipinski definition) is 1. The van der Waals surface area contributed by atoms with Gasteiger partial charge in [-0.05, 0) is 24.8 Å². The number of rotatable bonds is 7. The molecule has 1 aliphatic rings. The van der Waals surface area contributed by atoms with Crippen LogP contribution in [0.4, 0.5) is 0 Å². The molecule has 0 atom stereocenters. The second-order valence-corrected chi connectivity index (χ2v) is 7.68. The first kappa shape index (κ1) is 16.5. The van der Waals surface area contributed by atoms with Crippen LogP contribution in [0.2, 0.25) is 0 Å². The minimum atomic E-state index is -3.18. The van der Waals surface area contributed by atoms with Crippen LogP contribution in [0, 0.1) is 0 Å². The molecule has 0 aliphatic carbocycles. The largest absolute Gasteiger partial charge is 0.381 e. The second-order valence-electron chi connectivity index (χ2n) is 5.75. The highest BCUT2D eigenvalue weighted by atomic mass is 32.2. The van der Waals surface area contributed by atoms with E-state index in [2.05, 4.69) is 16.9 Å². The van der Waals surface area contributed by atoms with E-state index in [0.717, 1.165) is 19.3 Å². The van der Waals surface area contributed by atoms with Crippen molar-refractivity contribution in [1.29, 1.82) is 0 Å². The number of nitrogens with one attached hydrogen (secondary N) is 1. The van der Waals surface area contributed by atoms with Crippen LogP contribution in [0.5, 0.6) is 0 Å². The summed E-state index contributed by atoms with van der Waals surface area (Å²) in [5.74, 6) is 0.213. The lowest BCUT2D eigenvalue weighted by Crippen LogP contribution is -2.45. The molecular weight excluding hydrogens is 286 g/mol. The molecular formula is C16H25NO3S. The molecule has 1 N–H and O–H groups in total. The highest BCUT2D eigenvalue weighted by Gasteiger charge is 2.35. The lowest BCUT2D eigenvalue weighted by molar-refractivity contribution is 0.0517. The molecule has 1 aromatic carbocycles.